The lowest BCUT2D eigenvalue weighted by molar-refractivity contribution is -0.114. The summed E-state index contributed by atoms with van der Waals surface area (Å²) in [4.78, 5) is 29.0. The third-order valence-electron chi connectivity index (χ3n) is 4.80. The van der Waals surface area contributed by atoms with Crippen molar-refractivity contribution in [2.75, 3.05) is 13.4 Å². The molecule has 0 radical (unpaired) electrons. The minimum atomic E-state index is -3.64. The van der Waals surface area contributed by atoms with Crippen molar-refractivity contribution in [1.82, 2.24) is 5.01 Å². The zero-order valence-electron chi connectivity index (χ0n) is 18.5. The number of methoxy groups -OCH3 is 1. The molecular formula is C22H17ClN4O6S2. The quantitative estimate of drug-likeness (QED) is 0.358. The molecule has 2 aliphatic heterocycles. The molecule has 180 valence electrons. The van der Waals surface area contributed by atoms with Gasteiger partial charge < -0.3 is 9.47 Å². The van der Waals surface area contributed by atoms with E-state index >= 15 is 0 Å². The third-order valence-corrected chi connectivity index (χ3v) is 7.66. The van der Waals surface area contributed by atoms with Crippen LogP contribution >= 0.6 is 23.4 Å². The van der Waals surface area contributed by atoms with Crippen molar-refractivity contribution in [3.63, 3.8) is 0 Å². The fourth-order valence-electron chi connectivity index (χ4n) is 3.05. The van der Waals surface area contributed by atoms with E-state index in [1.165, 1.54) is 25.3 Å². The molecule has 1 amide bonds. The average Bonchev–Trinajstić information content (AvgIpc) is 3.23. The third kappa shape index (κ3) is 4.99. The van der Waals surface area contributed by atoms with Gasteiger partial charge in [-0.1, -0.05) is 29.3 Å². The maximum absolute atomic E-state index is 12.6. The van der Waals surface area contributed by atoms with Gasteiger partial charge in [-0.25, -0.2) is 13.2 Å². The summed E-state index contributed by atoms with van der Waals surface area (Å²) in [5.74, 6) is -1.61. The molecule has 35 heavy (non-hydrogen) atoms. The van der Waals surface area contributed by atoms with E-state index in [2.05, 4.69) is 10.1 Å². The van der Waals surface area contributed by atoms with Crippen molar-refractivity contribution in [3.05, 3.63) is 63.7 Å². The molecule has 13 heteroatoms. The van der Waals surface area contributed by atoms with Crippen LogP contribution < -0.4 is 9.47 Å². The Morgan fingerprint density at radius 1 is 1.23 bits per heavy atom. The Labute approximate surface area is 209 Å². The van der Waals surface area contributed by atoms with E-state index in [0.29, 0.717) is 22.9 Å². The molecule has 0 bridgehead atoms. The van der Waals surface area contributed by atoms with Gasteiger partial charge in [-0.05, 0) is 54.6 Å². The second kappa shape index (κ2) is 9.29. The number of nitrogens with zero attached hydrogens (tertiary/aromatic N) is 3. The van der Waals surface area contributed by atoms with Crippen LogP contribution in [0.4, 0.5) is 0 Å². The van der Waals surface area contributed by atoms with Gasteiger partial charge in [-0.15, -0.1) is 5.10 Å². The van der Waals surface area contributed by atoms with Crippen molar-refractivity contribution in [1.29, 1.82) is 5.41 Å². The van der Waals surface area contributed by atoms with Crippen LogP contribution in [-0.4, -0.2) is 54.0 Å². The van der Waals surface area contributed by atoms with Gasteiger partial charge in [-0.2, -0.15) is 10.0 Å². The van der Waals surface area contributed by atoms with Crippen molar-refractivity contribution in [2.24, 2.45) is 10.1 Å². The lowest BCUT2D eigenvalue weighted by Gasteiger charge is -2.20. The first-order valence-electron chi connectivity index (χ1n) is 9.84. The molecule has 2 aliphatic rings. The van der Waals surface area contributed by atoms with Gasteiger partial charge in [0.15, 0.2) is 17.3 Å². The summed E-state index contributed by atoms with van der Waals surface area (Å²) in [6, 6.07) is 9.70. The summed E-state index contributed by atoms with van der Waals surface area (Å²) in [5, 5.41) is 13.2. The van der Waals surface area contributed by atoms with Crippen LogP contribution in [0.25, 0.3) is 6.08 Å². The van der Waals surface area contributed by atoms with E-state index in [9.17, 15) is 18.0 Å². The zero-order valence-corrected chi connectivity index (χ0v) is 20.9. The molecule has 2 aromatic rings. The predicted octanol–water partition coefficient (Wildman–Crippen LogP) is 3.50. The number of benzene rings is 2. The van der Waals surface area contributed by atoms with E-state index in [1.54, 1.807) is 24.3 Å². The van der Waals surface area contributed by atoms with Gasteiger partial charge in [-0.3, -0.25) is 10.2 Å². The molecule has 0 saturated heterocycles. The standard InChI is InChI=1S/C22H17ClN4O6S2/c1-11-4-6-13(7-5-11)20(29)33-17-15(23)9-12(10-16(17)32-2)8-14-18(24)27-21(25-19(14)28)34-22(26-27)35(3,30)31/h4-10,24H,1-3H3/b14-8-,24-18?. The molecule has 1 N–H and O–H groups in total. The highest BCUT2D eigenvalue weighted by atomic mass is 35.5. The second-order valence-electron chi connectivity index (χ2n) is 7.45. The van der Waals surface area contributed by atoms with Gasteiger partial charge in [0.1, 0.15) is 0 Å². The molecule has 0 atom stereocenters. The molecule has 0 saturated carbocycles. The van der Waals surface area contributed by atoms with E-state index in [4.69, 9.17) is 26.5 Å². The maximum Gasteiger partial charge on any atom is 0.343 e. The molecule has 4 rings (SSSR count). The number of rotatable bonds is 4. The summed E-state index contributed by atoms with van der Waals surface area (Å²) in [6.45, 7) is 1.89. The summed E-state index contributed by atoms with van der Waals surface area (Å²) in [6.07, 6.45) is 2.31. The Morgan fingerprint density at radius 3 is 2.54 bits per heavy atom. The molecule has 0 aromatic heterocycles. The zero-order chi connectivity index (χ0) is 25.5. The number of hydrazone groups is 1. The Kier molecular flexibility index (Phi) is 6.54. The Morgan fingerprint density at radius 2 is 1.91 bits per heavy atom. The highest BCUT2D eigenvalue weighted by Crippen LogP contribution is 2.38. The van der Waals surface area contributed by atoms with Crippen molar-refractivity contribution >= 4 is 66.5 Å². The van der Waals surface area contributed by atoms with Gasteiger partial charge in [0.25, 0.3) is 5.91 Å². The number of carbonyl (C=O) groups excluding carboxylic acids is 2. The number of carbonyl (C=O) groups is 2. The smallest absolute Gasteiger partial charge is 0.343 e. The summed E-state index contributed by atoms with van der Waals surface area (Å²) in [5.41, 5.74) is 1.52. The first-order valence-corrected chi connectivity index (χ1v) is 12.9. The molecule has 2 heterocycles. The van der Waals surface area contributed by atoms with E-state index in [1.807, 2.05) is 6.92 Å². The molecule has 0 unspecified atom stereocenters. The van der Waals surface area contributed by atoms with Crippen LogP contribution in [0.3, 0.4) is 0 Å². The predicted molar refractivity (Wildman–Crippen MR) is 134 cm³/mol. The van der Waals surface area contributed by atoms with Crippen LogP contribution in [0.2, 0.25) is 5.02 Å². The van der Waals surface area contributed by atoms with Crippen molar-refractivity contribution in [2.45, 2.75) is 6.92 Å². The van der Waals surface area contributed by atoms with Gasteiger partial charge >= 0.3 is 5.97 Å². The van der Waals surface area contributed by atoms with Crippen LogP contribution in [0.15, 0.2) is 52.1 Å². The van der Waals surface area contributed by atoms with Gasteiger partial charge in [0.2, 0.25) is 19.4 Å². The normalized spacial score (nSPS) is 16.7. The number of thioether (sulfide) groups is 1. The van der Waals surface area contributed by atoms with E-state index in [0.717, 1.165) is 16.8 Å². The van der Waals surface area contributed by atoms with E-state index in [-0.39, 0.29) is 37.5 Å². The fourth-order valence-corrected chi connectivity index (χ4v) is 5.00. The number of hydrogen-bond acceptors (Lipinski definition) is 9. The Hall–Kier alpha value is -3.48. The monoisotopic (exact) mass is 532 g/mol. The number of fused-ring (bicyclic) bond motifs is 1. The fraction of sp³-hybridized carbons (Fsp3) is 0.136. The molecule has 0 aliphatic carbocycles. The highest BCUT2D eigenvalue weighted by molar-refractivity contribution is 8.42. The summed E-state index contributed by atoms with van der Waals surface area (Å²) in [7, 11) is -2.28. The number of aliphatic imine (C=N–C) groups is 1. The van der Waals surface area contributed by atoms with Crippen molar-refractivity contribution < 1.29 is 27.5 Å². The minimum Gasteiger partial charge on any atom is -0.493 e. The molecule has 10 nitrogen and oxygen atoms in total. The topological polar surface area (TPSA) is 139 Å². The average molecular weight is 533 g/mol. The Balaban J connectivity index is 1.65. The maximum atomic E-state index is 12.6. The number of ether oxygens (including phenoxy) is 2. The minimum absolute atomic E-state index is 0.00872. The van der Waals surface area contributed by atoms with Crippen molar-refractivity contribution in [3.8, 4) is 11.5 Å². The van der Waals surface area contributed by atoms with Crippen LogP contribution in [0.5, 0.6) is 11.5 Å². The number of amidine groups is 2. The van der Waals surface area contributed by atoms with Crippen LogP contribution in [-0.2, 0) is 14.6 Å². The van der Waals surface area contributed by atoms with E-state index < -0.39 is 21.7 Å². The lowest BCUT2D eigenvalue weighted by atomic mass is 10.1. The van der Waals surface area contributed by atoms with Gasteiger partial charge in [0, 0.05) is 6.26 Å². The number of sulfone groups is 1. The summed E-state index contributed by atoms with van der Waals surface area (Å²) < 4.78 is 34.1. The largest absolute Gasteiger partial charge is 0.493 e. The molecule has 0 spiro atoms. The molecule has 0 fully saturated rings. The Bertz CT molecular complexity index is 1480. The first-order chi connectivity index (χ1) is 16.5. The second-order valence-corrected chi connectivity index (χ2v) is 11.0. The SMILES string of the molecule is COc1cc(/C=C2/C(=N)N3N=C(S(C)(=O)=O)SC3=NC2=O)cc(Cl)c1OC(=O)c1ccc(C)cc1. The number of aryl methyl sites for hydroxylation is 1. The number of halogens is 1. The number of nitrogens with one attached hydrogen (secondary N) is 1. The number of esters is 1. The molecular weight excluding hydrogens is 516 g/mol. The molecule has 2 aromatic carbocycles. The first kappa shape index (κ1) is 24.6. The highest BCUT2D eigenvalue weighted by Gasteiger charge is 2.38. The van der Waals surface area contributed by atoms with Gasteiger partial charge in [0.05, 0.1) is 23.3 Å². The lowest BCUT2D eigenvalue weighted by Crippen LogP contribution is -2.35. The van der Waals surface area contributed by atoms with Crippen LogP contribution in [0.1, 0.15) is 21.5 Å². The van der Waals surface area contributed by atoms with Crippen LogP contribution in [0, 0.1) is 12.3 Å². The summed E-state index contributed by atoms with van der Waals surface area (Å²) >= 11 is 7.06. The number of hydrogen-bond donors (Lipinski definition) is 1. The number of amides is 1.